The van der Waals surface area contributed by atoms with Crippen LogP contribution in [0, 0.1) is 6.92 Å². The molecular formula is C20H24F3N3O. The van der Waals surface area contributed by atoms with E-state index in [0.717, 1.165) is 49.4 Å². The van der Waals surface area contributed by atoms with E-state index in [-0.39, 0.29) is 6.04 Å². The summed E-state index contributed by atoms with van der Waals surface area (Å²) in [6.07, 6.45) is 3.30. The van der Waals surface area contributed by atoms with Crippen LogP contribution in [0.5, 0.6) is 0 Å². The van der Waals surface area contributed by atoms with E-state index < -0.39 is 23.3 Å². The fraction of sp³-hybridized carbons (Fsp3) is 0.500. The number of para-hydroxylation sites is 1. The minimum Gasteiger partial charge on any atom is -0.349 e. The molecule has 1 fully saturated rings. The molecule has 1 aliphatic rings. The van der Waals surface area contributed by atoms with Gasteiger partial charge in [0.05, 0.1) is 17.4 Å². The normalized spacial score (nSPS) is 16.6. The van der Waals surface area contributed by atoms with E-state index in [2.05, 4.69) is 10.4 Å². The van der Waals surface area contributed by atoms with Gasteiger partial charge in [0, 0.05) is 6.04 Å². The molecule has 4 nitrogen and oxygen atoms in total. The lowest BCUT2D eigenvalue weighted by molar-refractivity contribution is -0.143. The van der Waals surface area contributed by atoms with Gasteiger partial charge in [0.2, 0.25) is 0 Å². The summed E-state index contributed by atoms with van der Waals surface area (Å²) in [4.78, 5) is 12.6. The van der Waals surface area contributed by atoms with Crippen LogP contribution in [0.3, 0.4) is 0 Å². The van der Waals surface area contributed by atoms with Crippen molar-refractivity contribution in [3.63, 3.8) is 0 Å². The maximum Gasteiger partial charge on any atom is 0.434 e. The van der Waals surface area contributed by atoms with Crippen LogP contribution in [-0.2, 0) is 6.18 Å². The van der Waals surface area contributed by atoms with Gasteiger partial charge < -0.3 is 5.32 Å². The third-order valence-electron chi connectivity index (χ3n) is 5.07. The molecule has 1 aliphatic carbocycles. The zero-order chi connectivity index (χ0) is 19.4. The van der Waals surface area contributed by atoms with Gasteiger partial charge in [-0.1, -0.05) is 50.3 Å². The fourth-order valence-corrected chi connectivity index (χ4v) is 3.63. The molecule has 0 spiro atoms. The number of aromatic nitrogens is 2. The van der Waals surface area contributed by atoms with Crippen LogP contribution < -0.4 is 5.32 Å². The monoisotopic (exact) mass is 379 g/mol. The smallest absolute Gasteiger partial charge is 0.349 e. The first-order chi connectivity index (χ1) is 12.9. The summed E-state index contributed by atoms with van der Waals surface area (Å²) in [6, 6.07) is 6.59. The lowest BCUT2D eigenvalue weighted by atomic mass is 9.96. The average molecular weight is 379 g/mol. The van der Waals surface area contributed by atoms with Crippen LogP contribution in [0.4, 0.5) is 13.2 Å². The number of alkyl halides is 3. The molecule has 1 saturated carbocycles. The first-order valence-electron chi connectivity index (χ1n) is 9.40. The Balaban J connectivity index is 1.91. The number of nitrogens with one attached hydrogen (secondary N) is 1. The second-order valence-electron chi connectivity index (χ2n) is 7.12. The minimum atomic E-state index is -4.69. The standard InChI is InChI=1S/C20H24F3N3O/c1-14-9-7-8-12-17(14)26-18(20(21,22)23)16(13-24-26)19(27)25-15-10-5-3-2-4-6-11-15/h7-9,12-13,15H,2-6,10-11H2,1H3,(H,25,27). The number of hydrogen-bond donors (Lipinski definition) is 1. The third-order valence-corrected chi connectivity index (χ3v) is 5.07. The number of benzene rings is 1. The summed E-state index contributed by atoms with van der Waals surface area (Å²) < 4.78 is 42.2. The molecule has 0 saturated heterocycles. The second kappa shape index (κ2) is 8.15. The van der Waals surface area contributed by atoms with Crippen LogP contribution in [0.2, 0.25) is 0 Å². The Kier molecular flexibility index (Phi) is 5.87. The Hall–Kier alpha value is -2.31. The number of halogens is 3. The van der Waals surface area contributed by atoms with Crippen molar-refractivity contribution in [2.45, 2.75) is 64.1 Å². The van der Waals surface area contributed by atoms with Crippen LogP contribution in [0.1, 0.15) is 66.6 Å². The highest BCUT2D eigenvalue weighted by Crippen LogP contribution is 2.34. The molecule has 0 aliphatic heterocycles. The Morgan fingerprint density at radius 1 is 1.11 bits per heavy atom. The molecule has 0 radical (unpaired) electrons. The number of carbonyl (C=O) groups excluding carboxylic acids is 1. The van der Waals surface area contributed by atoms with Gasteiger partial charge in [-0.15, -0.1) is 0 Å². The van der Waals surface area contributed by atoms with Gasteiger partial charge in [-0.05, 0) is 31.4 Å². The SMILES string of the molecule is Cc1ccccc1-n1ncc(C(=O)NC2CCCCCCC2)c1C(F)(F)F. The zero-order valence-electron chi connectivity index (χ0n) is 15.4. The van der Waals surface area contributed by atoms with Crippen LogP contribution >= 0.6 is 0 Å². The van der Waals surface area contributed by atoms with E-state index in [0.29, 0.717) is 11.3 Å². The van der Waals surface area contributed by atoms with Crippen molar-refractivity contribution in [1.29, 1.82) is 0 Å². The van der Waals surface area contributed by atoms with Gasteiger partial charge in [0.1, 0.15) is 0 Å². The predicted octanol–water partition coefficient (Wildman–Crippen LogP) is 5.04. The van der Waals surface area contributed by atoms with E-state index in [1.54, 1.807) is 31.2 Å². The van der Waals surface area contributed by atoms with E-state index in [9.17, 15) is 18.0 Å². The molecule has 0 bridgehead atoms. The van der Waals surface area contributed by atoms with E-state index in [1.165, 1.54) is 6.42 Å². The fourth-order valence-electron chi connectivity index (χ4n) is 3.63. The van der Waals surface area contributed by atoms with Gasteiger partial charge in [0.25, 0.3) is 5.91 Å². The molecule has 1 heterocycles. The lowest BCUT2D eigenvalue weighted by Crippen LogP contribution is -2.36. The highest BCUT2D eigenvalue weighted by molar-refractivity contribution is 5.95. The third kappa shape index (κ3) is 4.51. The van der Waals surface area contributed by atoms with Crippen LogP contribution in [-0.4, -0.2) is 21.7 Å². The average Bonchev–Trinajstić information content (AvgIpc) is 3.03. The topological polar surface area (TPSA) is 46.9 Å². The van der Waals surface area contributed by atoms with Crippen LogP contribution in [0.25, 0.3) is 5.69 Å². The van der Waals surface area contributed by atoms with Crippen molar-refractivity contribution in [3.05, 3.63) is 47.3 Å². The Morgan fingerprint density at radius 2 is 1.74 bits per heavy atom. The quantitative estimate of drug-likeness (QED) is 0.812. The Bertz CT molecular complexity index is 790. The van der Waals surface area contributed by atoms with Crippen molar-refractivity contribution >= 4 is 5.91 Å². The number of hydrogen-bond acceptors (Lipinski definition) is 2. The molecule has 3 rings (SSSR count). The summed E-state index contributed by atoms with van der Waals surface area (Å²) in [7, 11) is 0. The molecule has 7 heteroatoms. The van der Waals surface area contributed by atoms with E-state index in [4.69, 9.17) is 0 Å². The lowest BCUT2D eigenvalue weighted by Gasteiger charge is -2.21. The molecule has 146 valence electrons. The van der Waals surface area contributed by atoms with Gasteiger partial charge in [-0.2, -0.15) is 18.3 Å². The van der Waals surface area contributed by atoms with Gasteiger partial charge in [-0.25, -0.2) is 4.68 Å². The van der Waals surface area contributed by atoms with Crippen molar-refractivity contribution in [1.82, 2.24) is 15.1 Å². The molecule has 0 atom stereocenters. The number of nitrogens with zero attached hydrogens (tertiary/aromatic N) is 2. The zero-order valence-corrected chi connectivity index (χ0v) is 15.4. The first-order valence-corrected chi connectivity index (χ1v) is 9.40. The minimum absolute atomic E-state index is 0.0827. The van der Waals surface area contributed by atoms with Crippen LogP contribution in [0.15, 0.2) is 30.5 Å². The molecule has 27 heavy (non-hydrogen) atoms. The van der Waals surface area contributed by atoms with Gasteiger partial charge in [-0.3, -0.25) is 4.79 Å². The predicted molar refractivity (Wildman–Crippen MR) is 96.9 cm³/mol. The highest BCUT2D eigenvalue weighted by atomic mass is 19.4. The van der Waals surface area contributed by atoms with Gasteiger partial charge >= 0.3 is 6.18 Å². The summed E-state index contributed by atoms with van der Waals surface area (Å²) >= 11 is 0. The van der Waals surface area contributed by atoms with E-state index >= 15 is 0 Å². The molecule has 1 amide bonds. The van der Waals surface area contributed by atoms with E-state index in [1.807, 2.05) is 0 Å². The number of amides is 1. The molecule has 1 aromatic heterocycles. The van der Waals surface area contributed by atoms with Crippen molar-refractivity contribution in [2.75, 3.05) is 0 Å². The molecule has 0 unspecified atom stereocenters. The molecule has 1 N–H and O–H groups in total. The Labute approximate surface area is 156 Å². The summed E-state index contributed by atoms with van der Waals surface area (Å²) in [5.74, 6) is -0.701. The second-order valence-corrected chi connectivity index (χ2v) is 7.12. The largest absolute Gasteiger partial charge is 0.434 e. The Morgan fingerprint density at radius 3 is 2.37 bits per heavy atom. The first kappa shape index (κ1) is 19.5. The van der Waals surface area contributed by atoms with Gasteiger partial charge in [0.15, 0.2) is 5.69 Å². The number of carbonyl (C=O) groups is 1. The molecule has 2 aromatic rings. The van der Waals surface area contributed by atoms with Crippen molar-refractivity contribution in [2.24, 2.45) is 0 Å². The maximum atomic E-state index is 13.8. The maximum absolute atomic E-state index is 13.8. The summed E-state index contributed by atoms with van der Waals surface area (Å²) in [5.41, 5.74) is -0.485. The van der Waals surface area contributed by atoms with Crippen molar-refractivity contribution < 1.29 is 18.0 Å². The highest BCUT2D eigenvalue weighted by Gasteiger charge is 2.41. The van der Waals surface area contributed by atoms with Crippen molar-refractivity contribution in [3.8, 4) is 5.69 Å². The number of aryl methyl sites for hydroxylation is 1. The summed E-state index contributed by atoms with van der Waals surface area (Å²) in [5, 5.41) is 6.70. The molecule has 1 aromatic carbocycles. The summed E-state index contributed by atoms with van der Waals surface area (Å²) in [6.45, 7) is 1.71. The molecular weight excluding hydrogens is 355 g/mol. The number of rotatable bonds is 3.